The molecule has 0 aliphatic carbocycles. The van der Waals surface area contributed by atoms with Gasteiger partial charge in [0, 0.05) is 11.3 Å². The van der Waals surface area contributed by atoms with Crippen LogP contribution < -0.4 is 15.5 Å². The Balaban J connectivity index is 1.62. The second kappa shape index (κ2) is 6.67. The maximum atomic E-state index is 12.8. The number of thioether (sulfide) groups is 1. The van der Waals surface area contributed by atoms with Gasteiger partial charge >= 0.3 is 0 Å². The molecule has 2 atom stereocenters. The van der Waals surface area contributed by atoms with E-state index in [1.54, 1.807) is 28.0 Å². The molecule has 0 saturated carbocycles. The summed E-state index contributed by atoms with van der Waals surface area (Å²) in [6.07, 6.45) is 2.92. The highest BCUT2D eigenvalue weighted by Gasteiger charge is 2.34. The van der Waals surface area contributed by atoms with Crippen molar-refractivity contribution in [1.82, 2.24) is 5.32 Å². The summed E-state index contributed by atoms with van der Waals surface area (Å²) < 4.78 is 0. The van der Waals surface area contributed by atoms with Crippen LogP contribution in [0, 0.1) is 0 Å². The second-order valence-corrected chi connectivity index (χ2v) is 9.01. The number of hydrogen-bond acceptors (Lipinski definition) is 4. The summed E-state index contributed by atoms with van der Waals surface area (Å²) in [6, 6.07) is 9.01. The fraction of sp³-hybridized carbons (Fsp3) is 0.421. The predicted octanol–water partition coefficient (Wildman–Crippen LogP) is 2.67. The summed E-state index contributed by atoms with van der Waals surface area (Å²) in [6.45, 7) is 6.69. The maximum absolute atomic E-state index is 12.8. The normalized spacial score (nSPS) is 22.2. The Morgan fingerprint density at radius 2 is 2.00 bits per heavy atom. The summed E-state index contributed by atoms with van der Waals surface area (Å²) in [5.41, 5.74) is 3.25. The van der Waals surface area contributed by atoms with Gasteiger partial charge in [0.15, 0.2) is 0 Å². The molecule has 1 aromatic carbocycles. The lowest BCUT2D eigenvalue weighted by Gasteiger charge is -2.28. The van der Waals surface area contributed by atoms with Gasteiger partial charge in [0.25, 0.3) is 5.91 Å². The third-order valence-corrected chi connectivity index (χ3v) is 7.12. The zero-order chi connectivity index (χ0) is 17.6. The molecule has 3 heterocycles. The fourth-order valence-corrected chi connectivity index (χ4v) is 5.40. The van der Waals surface area contributed by atoms with Crippen molar-refractivity contribution in [3.8, 4) is 0 Å². The average Bonchev–Trinajstić information content (AvgIpc) is 2.99. The van der Waals surface area contributed by atoms with Crippen molar-refractivity contribution >= 4 is 34.0 Å². The van der Waals surface area contributed by atoms with E-state index in [4.69, 9.17) is 0 Å². The van der Waals surface area contributed by atoms with Gasteiger partial charge in [-0.15, -0.1) is 23.1 Å². The van der Waals surface area contributed by atoms with Gasteiger partial charge in [0.05, 0.1) is 23.0 Å². The minimum atomic E-state index is -0.149. The molecule has 1 aromatic heterocycles. The minimum absolute atomic E-state index is 0.0678. The van der Waals surface area contributed by atoms with E-state index in [2.05, 4.69) is 55.0 Å². The first-order valence-electron chi connectivity index (χ1n) is 8.77. The molecule has 2 aliphatic heterocycles. The Kier molecular flexibility index (Phi) is 4.52. The monoisotopic (exact) mass is 374 g/mol. The summed E-state index contributed by atoms with van der Waals surface area (Å²) in [5, 5.41) is 7.73. The van der Waals surface area contributed by atoms with Gasteiger partial charge in [-0.2, -0.15) is 0 Å². The Morgan fingerprint density at radius 1 is 1.24 bits per heavy atom. The molecular formula is C19H24N3OS2+. The number of nitrogens with one attached hydrogen (secondary N) is 3. The molecular weight excluding hydrogens is 350 g/mol. The van der Waals surface area contributed by atoms with Gasteiger partial charge in [-0.25, -0.2) is 0 Å². The van der Waals surface area contributed by atoms with E-state index in [1.165, 1.54) is 15.3 Å². The van der Waals surface area contributed by atoms with E-state index < -0.39 is 0 Å². The van der Waals surface area contributed by atoms with Crippen LogP contribution in [0.3, 0.4) is 0 Å². The lowest BCUT2D eigenvalue weighted by molar-refractivity contribution is -0.936. The highest BCUT2D eigenvalue weighted by Crippen LogP contribution is 2.39. The highest BCUT2D eigenvalue weighted by atomic mass is 32.2. The molecule has 1 amide bonds. The predicted molar refractivity (Wildman–Crippen MR) is 105 cm³/mol. The van der Waals surface area contributed by atoms with Gasteiger partial charge in [-0.3, -0.25) is 4.79 Å². The van der Waals surface area contributed by atoms with Crippen molar-refractivity contribution in [3.63, 3.8) is 0 Å². The smallest absolute Gasteiger partial charge is 0.256 e. The number of anilines is 1. The Hall–Kier alpha value is -1.50. The lowest BCUT2D eigenvalue weighted by atomic mass is 9.99. The molecule has 25 heavy (non-hydrogen) atoms. The molecule has 3 N–H and O–H groups in total. The Bertz CT molecular complexity index is 798. The van der Waals surface area contributed by atoms with Crippen molar-refractivity contribution in [2.24, 2.45) is 0 Å². The molecule has 0 radical (unpaired) electrons. The quantitative estimate of drug-likeness (QED) is 0.724. The first-order chi connectivity index (χ1) is 12.1. The summed E-state index contributed by atoms with van der Waals surface area (Å²) in [5.74, 6) is 0.0678. The molecule has 0 bridgehead atoms. The number of carbonyl (C=O) groups is 1. The van der Waals surface area contributed by atoms with Crippen LogP contribution in [0.2, 0.25) is 0 Å². The van der Waals surface area contributed by atoms with Crippen LogP contribution in [0.25, 0.3) is 0 Å². The first-order valence-corrected chi connectivity index (χ1v) is 10.8. The zero-order valence-electron chi connectivity index (χ0n) is 14.8. The number of benzene rings is 1. The van der Waals surface area contributed by atoms with Crippen LogP contribution in [0.5, 0.6) is 0 Å². The van der Waals surface area contributed by atoms with Gasteiger partial charge < -0.3 is 15.5 Å². The summed E-state index contributed by atoms with van der Waals surface area (Å²) >= 11 is 3.50. The van der Waals surface area contributed by atoms with Crippen LogP contribution in [0.1, 0.15) is 46.4 Å². The van der Waals surface area contributed by atoms with E-state index in [0.717, 1.165) is 35.6 Å². The number of hydrogen-bond donors (Lipinski definition) is 3. The molecule has 4 rings (SSSR count). The van der Waals surface area contributed by atoms with Crippen molar-refractivity contribution in [1.29, 1.82) is 0 Å². The minimum Gasteiger partial charge on any atom is -0.353 e. The second-order valence-electron chi connectivity index (χ2n) is 7.02. The number of carbonyl (C=O) groups excluding carboxylic acids is 1. The lowest BCUT2D eigenvalue weighted by Crippen LogP contribution is -3.14. The van der Waals surface area contributed by atoms with Gasteiger partial charge in [-0.05, 0) is 43.4 Å². The molecule has 2 aromatic rings. The standard InChI is InChI=1S/C19H23N3OS2/c1-11(2)22-9-8-14-15(10-22)25-19-16(14)18(23)20-17(21-19)12-4-6-13(24-3)7-5-12/h4-7,11,17,21H,8-10H2,1-3H3,(H,20,23)/p+1/t17-/m1/s1. The van der Waals surface area contributed by atoms with Gasteiger partial charge in [0.1, 0.15) is 17.7 Å². The van der Waals surface area contributed by atoms with Crippen LogP contribution >= 0.6 is 23.1 Å². The molecule has 4 nitrogen and oxygen atoms in total. The largest absolute Gasteiger partial charge is 0.353 e. The Morgan fingerprint density at radius 3 is 2.68 bits per heavy atom. The molecule has 0 saturated heterocycles. The van der Waals surface area contributed by atoms with E-state index in [0.29, 0.717) is 6.04 Å². The number of amides is 1. The van der Waals surface area contributed by atoms with E-state index >= 15 is 0 Å². The van der Waals surface area contributed by atoms with Crippen LogP contribution in [0.4, 0.5) is 5.00 Å². The third-order valence-electron chi connectivity index (χ3n) is 5.22. The molecule has 0 spiro atoms. The SMILES string of the molecule is CSc1ccc([C@@H]2NC(=O)c3c(sc4c3CC[NH+](C(C)C)C4)N2)cc1. The van der Waals surface area contributed by atoms with Crippen LogP contribution in [0.15, 0.2) is 29.2 Å². The number of fused-ring (bicyclic) bond motifs is 3. The molecule has 1 unspecified atom stereocenters. The average molecular weight is 375 g/mol. The van der Waals surface area contributed by atoms with Crippen molar-refractivity contribution < 1.29 is 9.69 Å². The summed E-state index contributed by atoms with van der Waals surface area (Å²) in [4.78, 5) is 17.0. The van der Waals surface area contributed by atoms with Gasteiger partial charge in [0.2, 0.25) is 0 Å². The van der Waals surface area contributed by atoms with Gasteiger partial charge in [-0.1, -0.05) is 12.1 Å². The van der Waals surface area contributed by atoms with E-state index in [1.807, 2.05) is 0 Å². The maximum Gasteiger partial charge on any atom is 0.256 e. The molecule has 2 aliphatic rings. The summed E-state index contributed by atoms with van der Waals surface area (Å²) in [7, 11) is 0. The fourth-order valence-electron chi connectivity index (χ4n) is 3.67. The number of quaternary nitrogens is 1. The van der Waals surface area contributed by atoms with Crippen molar-refractivity contribution in [2.75, 3.05) is 18.1 Å². The topological polar surface area (TPSA) is 45.6 Å². The van der Waals surface area contributed by atoms with E-state index in [-0.39, 0.29) is 12.1 Å². The first kappa shape index (κ1) is 16.9. The number of thiophene rings is 1. The zero-order valence-corrected chi connectivity index (χ0v) is 16.4. The molecule has 0 fully saturated rings. The van der Waals surface area contributed by atoms with Crippen molar-refractivity contribution in [3.05, 3.63) is 45.8 Å². The highest BCUT2D eigenvalue weighted by molar-refractivity contribution is 7.98. The van der Waals surface area contributed by atoms with Crippen LogP contribution in [-0.4, -0.2) is 24.7 Å². The number of rotatable bonds is 3. The van der Waals surface area contributed by atoms with E-state index in [9.17, 15) is 4.79 Å². The Labute approximate surface area is 157 Å². The molecule has 132 valence electrons. The van der Waals surface area contributed by atoms with Crippen LogP contribution in [-0.2, 0) is 13.0 Å². The molecule has 6 heteroatoms. The van der Waals surface area contributed by atoms with Crippen molar-refractivity contribution in [2.45, 2.75) is 43.9 Å². The third kappa shape index (κ3) is 3.07.